The van der Waals surface area contributed by atoms with Crippen molar-refractivity contribution in [1.29, 1.82) is 0 Å². The molecule has 5 N–H and O–H groups in total. The Kier molecular flexibility index (Phi) is 6.44. The number of amides is 1. The van der Waals surface area contributed by atoms with Gasteiger partial charge in [0.15, 0.2) is 5.78 Å². The van der Waals surface area contributed by atoms with Gasteiger partial charge in [-0.25, -0.2) is 4.98 Å². The first kappa shape index (κ1) is 23.9. The van der Waals surface area contributed by atoms with E-state index in [9.17, 15) is 14.4 Å². The Bertz CT molecular complexity index is 1130. The molecule has 2 heterocycles. The highest BCUT2D eigenvalue weighted by Gasteiger charge is 2.35. The standard InChI is InChI=1S/C24H32N6O4/c1-13-12-30(17-8-24(2,3)9-18(31)20(13)17)23-27-11-16(21(26)33)22(29-23)28-14-4-6-15(7-5-14)34-19(32)10-25/h11-12,14-15H,4-10,25H2,1-3H3,(H2,26,33)(H,27,28,29). The first-order valence-electron chi connectivity index (χ1n) is 11.7. The number of rotatable bonds is 6. The Labute approximate surface area is 198 Å². The molecular formula is C24H32N6O4. The molecule has 2 aromatic rings. The van der Waals surface area contributed by atoms with Crippen LogP contribution in [-0.4, -0.2) is 50.9 Å². The molecule has 0 spiro atoms. The highest BCUT2D eigenvalue weighted by Crippen LogP contribution is 2.37. The normalized spacial score (nSPS) is 21.6. The van der Waals surface area contributed by atoms with Crippen LogP contribution in [0.25, 0.3) is 5.95 Å². The van der Waals surface area contributed by atoms with Crippen LogP contribution >= 0.6 is 0 Å². The summed E-state index contributed by atoms with van der Waals surface area (Å²) < 4.78 is 7.19. The Morgan fingerprint density at radius 2 is 1.94 bits per heavy atom. The minimum absolute atomic E-state index is 0.0366. The van der Waals surface area contributed by atoms with Gasteiger partial charge in [-0.1, -0.05) is 13.8 Å². The summed E-state index contributed by atoms with van der Waals surface area (Å²) in [5.74, 6) is -0.155. The monoisotopic (exact) mass is 468 g/mol. The average Bonchev–Trinajstić information content (AvgIpc) is 3.09. The Balaban J connectivity index is 1.60. The number of ketones is 1. The number of carbonyl (C=O) groups is 3. The fourth-order valence-corrected chi connectivity index (χ4v) is 4.99. The van der Waals surface area contributed by atoms with Crippen molar-refractivity contribution in [1.82, 2.24) is 14.5 Å². The van der Waals surface area contributed by atoms with Gasteiger partial charge in [0.25, 0.3) is 5.91 Å². The van der Waals surface area contributed by atoms with Crippen molar-refractivity contribution in [3.8, 4) is 5.95 Å². The van der Waals surface area contributed by atoms with Crippen molar-refractivity contribution >= 4 is 23.5 Å². The van der Waals surface area contributed by atoms with Crippen LogP contribution in [0.15, 0.2) is 12.4 Å². The molecule has 4 rings (SSSR count). The molecule has 2 aliphatic rings. The molecule has 10 heteroatoms. The summed E-state index contributed by atoms with van der Waals surface area (Å²) in [6.07, 6.45) is 7.23. The molecule has 1 fully saturated rings. The van der Waals surface area contributed by atoms with E-state index in [0.29, 0.717) is 31.0 Å². The fourth-order valence-electron chi connectivity index (χ4n) is 4.99. The molecule has 0 unspecified atom stereocenters. The largest absolute Gasteiger partial charge is 0.461 e. The molecule has 1 amide bonds. The summed E-state index contributed by atoms with van der Waals surface area (Å²) in [6.45, 7) is 5.94. The van der Waals surface area contributed by atoms with Gasteiger partial charge in [0.05, 0.1) is 12.1 Å². The average molecular weight is 469 g/mol. The van der Waals surface area contributed by atoms with E-state index >= 15 is 0 Å². The van der Waals surface area contributed by atoms with E-state index in [1.54, 1.807) is 0 Å². The zero-order chi connectivity index (χ0) is 24.6. The quantitative estimate of drug-likeness (QED) is 0.544. The van der Waals surface area contributed by atoms with E-state index in [1.165, 1.54) is 6.20 Å². The number of esters is 1. The molecule has 0 aliphatic heterocycles. The van der Waals surface area contributed by atoms with Gasteiger partial charge < -0.3 is 21.5 Å². The molecule has 34 heavy (non-hydrogen) atoms. The van der Waals surface area contributed by atoms with Crippen LogP contribution in [0.4, 0.5) is 5.82 Å². The lowest BCUT2D eigenvalue weighted by Gasteiger charge is -2.30. The number of hydrogen-bond donors (Lipinski definition) is 3. The maximum absolute atomic E-state index is 12.8. The minimum Gasteiger partial charge on any atom is -0.461 e. The molecule has 182 valence electrons. The molecule has 0 bridgehead atoms. The second-order valence-corrected chi connectivity index (χ2v) is 10.1. The summed E-state index contributed by atoms with van der Waals surface area (Å²) >= 11 is 0. The third-order valence-corrected chi connectivity index (χ3v) is 6.60. The number of aromatic nitrogens is 3. The lowest BCUT2D eigenvalue weighted by molar-refractivity contribution is -0.148. The molecule has 0 aromatic carbocycles. The first-order chi connectivity index (χ1) is 16.1. The van der Waals surface area contributed by atoms with E-state index < -0.39 is 11.9 Å². The molecule has 1 saturated carbocycles. The second-order valence-electron chi connectivity index (χ2n) is 10.1. The third kappa shape index (κ3) is 4.82. The van der Waals surface area contributed by atoms with Crippen LogP contribution in [0.3, 0.4) is 0 Å². The maximum Gasteiger partial charge on any atom is 0.319 e. The number of primary amides is 1. The SMILES string of the molecule is Cc1cn(-c2ncc(C(N)=O)c(NC3CCC(OC(=O)CN)CC3)n2)c2c1C(=O)CC(C)(C)C2. The van der Waals surface area contributed by atoms with Gasteiger partial charge >= 0.3 is 5.97 Å². The number of nitrogens with zero attached hydrogens (tertiary/aromatic N) is 3. The lowest BCUT2D eigenvalue weighted by Crippen LogP contribution is -2.33. The zero-order valence-electron chi connectivity index (χ0n) is 19.9. The lowest BCUT2D eigenvalue weighted by atomic mass is 9.75. The summed E-state index contributed by atoms with van der Waals surface area (Å²) in [6, 6.07) is 0.0366. The van der Waals surface area contributed by atoms with E-state index in [2.05, 4.69) is 29.1 Å². The van der Waals surface area contributed by atoms with Gasteiger partial charge in [-0.05, 0) is 50.0 Å². The van der Waals surface area contributed by atoms with Crippen molar-refractivity contribution in [3.05, 3.63) is 34.8 Å². The van der Waals surface area contributed by atoms with E-state index in [4.69, 9.17) is 16.2 Å². The molecule has 0 radical (unpaired) electrons. The zero-order valence-corrected chi connectivity index (χ0v) is 19.9. The predicted octanol–water partition coefficient (Wildman–Crippen LogP) is 2.05. The van der Waals surface area contributed by atoms with Crippen LogP contribution in [0.1, 0.15) is 77.9 Å². The van der Waals surface area contributed by atoms with E-state index in [-0.39, 0.29) is 35.5 Å². The number of nitrogens with two attached hydrogens (primary N) is 2. The van der Waals surface area contributed by atoms with Crippen molar-refractivity contribution in [2.24, 2.45) is 16.9 Å². The highest BCUT2D eigenvalue weighted by molar-refractivity contribution is 6.00. The fraction of sp³-hybridized carbons (Fsp3) is 0.542. The summed E-state index contributed by atoms with van der Waals surface area (Å²) in [4.78, 5) is 45.4. The number of nitrogens with one attached hydrogen (secondary N) is 1. The van der Waals surface area contributed by atoms with Crippen LogP contribution in [-0.2, 0) is 16.0 Å². The van der Waals surface area contributed by atoms with Crippen LogP contribution in [0.2, 0.25) is 0 Å². The summed E-state index contributed by atoms with van der Waals surface area (Å²) in [7, 11) is 0. The number of aryl methyl sites for hydroxylation is 1. The number of hydrogen-bond acceptors (Lipinski definition) is 8. The molecule has 0 saturated heterocycles. The number of carbonyl (C=O) groups excluding carboxylic acids is 3. The highest BCUT2D eigenvalue weighted by atomic mass is 16.5. The van der Waals surface area contributed by atoms with E-state index in [1.807, 2.05) is 17.7 Å². The van der Waals surface area contributed by atoms with Gasteiger partial charge in [0, 0.05) is 36.1 Å². The van der Waals surface area contributed by atoms with Crippen LogP contribution < -0.4 is 16.8 Å². The maximum atomic E-state index is 12.8. The van der Waals surface area contributed by atoms with Gasteiger partial charge in [0.1, 0.15) is 11.9 Å². The van der Waals surface area contributed by atoms with Gasteiger partial charge in [-0.3, -0.25) is 19.0 Å². The van der Waals surface area contributed by atoms with Crippen molar-refractivity contribution < 1.29 is 19.1 Å². The minimum atomic E-state index is -0.623. The first-order valence-corrected chi connectivity index (χ1v) is 11.7. The van der Waals surface area contributed by atoms with Crippen LogP contribution in [0.5, 0.6) is 0 Å². The number of anilines is 1. The van der Waals surface area contributed by atoms with Crippen molar-refractivity contribution in [2.45, 2.75) is 71.4 Å². The molecule has 0 atom stereocenters. The summed E-state index contributed by atoms with van der Waals surface area (Å²) in [5.41, 5.74) is 13.5. The molecule has 2 aromatic heterocycles. The van der Waals surface area contributed by atoms with Crippen molar-refractivity contribution in [3.63, 3.8) is 0 Å². The molecular weight excluding hydrogens is 436 g/mol. The Morgan fingerprint density at radius 3 is 2.59 bits per heavy atom. The smallest absolute Gasteiger partial charge is 0.319 e. The second kappa shape index (κ2) is 9.17. The Morgan fingerprint density at radius 1 is 1.24 bits per heavy atom. The molecule has 2 aliphatic carbocycles. The number of Topliss-reactive ketones (excluding diaryl/α,β-unsaturated/α-hetero) is 1. The van der Waals surface area contributed by atoms with Crippen molar-refractivity contribution in [2.75, 3.05) is 11.9 Å². The van der Waals surface area contributed by atoms with Gasteiger partial charge in [-0.15, -0.1) is 0 Å². The predicted molar refractivity (Wildman–Crippen MR) is 126 cm³/mol. The number of ether oxygens (including phenoxy) is 1. The van der Waals surface area contributed by atoms with Crippen LogP contribution in [0, 0.1) is 12.3 Å². The summed E-state index contributed by atoms with van der Waals surface area (Å²) in [5, 5.41) is 3.34. The Hall–Kier alpha value is -3.27. The van der Waals surface area contributed by atoms with E-state index in [0.717, 1.165) is 36.1 Å². The number of fused-ring (bicyclic) bond motifs is 1. The third-order valence-electron chi connectivity index (χ3n) is 6.60. The molecule has 10 nitrogen and oxygen atoms in total. The topological polar surface area (TPSA) is 155 Å². The van der Waals surface area contributed by atoms with Gasteiger partial charge in [-0.2, -0.15) is 4.98 Å². The van der Waals surface area contributed by atoms with Gasteiger partial charge in [0.2, 0.25) is 5.95 Å².